The Hall–Kier alpha value is -2.20. The lowest BCUT2D eigenvalue weighted by molar-refractivity contribution is 0.415. The van der Waals surface area contributed by atoms with Crippen molar-refractivity contribution >= 4 is 35.0 Å². The fourth-order valence-electron chi connectivity index (χ4n) is 1.98. The summed E-state index contributed by atoms with van der Waals surface area (Å²) in [6, 6.07) is 11.6. The molecule has 122 valence electrons. The van der Waals surface area contributed by atoms with Crippen LogP contribution in [0.25, 0.3) is 0 Å². The Balaban J connectivity index is 2.20. The smallest absolute Gasteiger partial charge is 0.119 e. The number of rotatable bonds is 6. The standard InChI is InChI=1S/C18H22ClN3O/c1-5-22(3)12-20-17-11-16(19)18(10-13(17)2)21-14-6-8-15(23-4)9-7-14/h6-12,21H,5H2,1-4H3. The van der Waals surface area contributed by atoms with Crippen LogP contribution < -0.4 is 10.1 Å². The van der Waals surface area contributed by atoms with Gasteiger partial charge in [-0.05, 0) is 55.8 Å². The molecule has 0 saturated heterocycles. The fourth-order valence-corrected chi connectivity index (χ4v) is 2.18. The molecular weight excluding hydrogens is 310 g/mol. The average molecular weight is 332 g/mol. The van der Waals surface area contributed by atoms with Gasteiger partial charge in [0.05, 0.1) is 29.8 Å². The van der Waals surface area contributed by atoms with Gasteiger partial charge in [-0.1, -0.05) is 11.6 Å². The van der Waals surface area contributed by atoms with Gasteiger partial charge in [0, 0.05) is 19.3 Å². The van der Waals surface area contributed by atoms with Gasteiger partial charge in [0.25, 0.3) is 0 Å². The lowest BCUT2D eigenvalue weighted by atomic mass is 10.1. The molecule has 0 saturated carbocycles. The van der Waals surface area contributed by atoms with Gasteiger partial charge in [-0.15, -0.1) is 0 Å². The lowest BCUT2D eigenvalue weighted by Gasteiger charge is -2.13. The number of ether oxygens (including phenoxy) is 1. The quantitative estimate of drug-likeness (QED) is 0.597. The zero-order chi connectivity index (χ0) is 16.8. The van der Waals surface area contributed by atoms with Crippen molar-refractivity contribution in [3.05, 3.63) is 47.0 Å². The van der Waals surface area contributed by atoms with Crippen LogP contribution in [0.3, 0.4) is 0 Å². The summed E-state index contributed by atoms with van der Waals surface area (Å²) >= 11 is 6.38. The number of nitrogens with zero attached hydrogens (tertiary/aromatic N) is 2. The average Bonchev–Trinajstić information content (AvgIpc) is 2.57. The van der Waals surface area contributed by atoms with Crippen molar-refractivity contribution in [3.8, 4) is 5.75 Å². The zero-order valence-electron chi connectivity index (χ0n) is 13.9. The highest BCUT2D eigenvalue weighted by Crippen LogP contribution is 2.32. The van der Waals surface area contributed by atoms with E-state index in [2.05, 4.69) is 17.2 Å². The van der Waals surface area contributed by atoms with Crippen LogP contribution in [0.1, 0.15) is 12.5 Å². The molecule has 0 unspecified atom stereocenters. The van der Waals surface area contributed by atoms with Gasteiger partial charge in [0.15, 0.2) is 0 Å². The molecule has 0 fully saturated rings. The second kappa shape index (κ2) is 7.88. The molecule has 5 heteroatoms. The molecule has 2 aromatic rings. The molecule has 0 spiro atoms. The summed E-state index contributed by atoms with van der Waals surface area (Å²) in [6.07, 6.45) is 1.81. The van der Waals surface area contributed by atoms with Crippen molar-refractivity contribution < 1.29 is 4.74 Å². The van der Waals surface area contributed by atoms with Crippen LogP contribution >= 0.6 is 11.6 Å². The highest BCUT2D eigenvalue weighted by atomic mass is 35.5. The first-order valence-corrected chi connectivity index (χ1v) is 7.87. The number of anilines is 2. The summed E-state index contributed by atoms with van der Waals surface area (Å²) in [6.45, 7) is 5.01. The van der Waals surface area contributed by atoms with Gasteiger partial charge in [-0.2, -0.15) is 0 Å². The van der Waals surface area contributed by atoms with Crippen LogP contribution in [-0.2, 0) is 0 Å². The maximum absolute atomic E-state index is 6.38. The first-order chi connectivity index (χ1) is 11.0. The van der Waals surface area contributed by atoms with Gasteiger partial charge in [-0.3, -0.25) is 0 Å². The number of nitrogens with one attached hydrogen (secondary N) is 1. The van der Waals surface area contributed by atoms with E-state index < -0.39 is 0 Å². The SMILES string of the molecule is CCN(C)C=Nc1cc(Cl)c(Nc2ccc(OC)cc2)cc1C. The molecule has 0 amide bonds. The molecule has 23 heavy (non-hydrogen) atoms. The second-order valence-electron chi connectivity index (χ2n) is 5.29. The number of methoxy groups -OCH3 is 1. The van der Waals surface area contributed by atoms with Crippen molar-refractivity contribution in [2.75, 3.05) is 26.0 Å². The summed E-state index contributed by atoms with van der Waals surface area (Å²) in [7, 11) is 3.64. The minimum absolute atomic E-state index is 0.637. The Labute approximate surface area is 142 Å². The van der Waals surface area contributed by atoms with Crippen molar-refractivity contribution in [1.82, 2.24) is 4.90 Å². The van der Waals surface area contributed by atoms with Crippen LogP contribution in [-0.4, -0.2) is 31.9 Å². The molecule has 1 N–H and O–H groups in total. The number of aliphatic imine (C=N–C) groups is 1. The van der Waals surface area contributed by atoms with E-state index in [9.17, 15) is 0 Å². The highest BCUT2D eigenvalue weighted by Gasteiger charge is 2.06. The van der Waals surface area contributed by atoms with Crippen LogP contribution in [0.2, 0.25) is 5.02 Å². The Kier molecular flexibility index (Phi) is 5.88. The predicted octanol–water partition coefficient (Wildman–Crippen LogP) is 5.01. The molecule has 2 aromatic carbocycles. The summed E-state index contributed by atoms with van der Waals surface area (Å²) in [4.78, 5) is 6.49. The van der Waals surface area contributed by atoms with Gasteiger partial charge >= 0.3 is 0 Å². The van der Waals surface area contributed by atoms with Gasteiger partial charge in [0.2, 0.25) is 0 Å². The van der Waals surface area contributed by atoms with Crippen LogP contribution in [0.15, 0.2) is 41.4 Å². The van der Waals surface area contributed by atoms with Gasteiger partial charge < -0.3 is 15.0 Å². The number of aryl methyl sites for hydroxylation is 1. The molecular formula is C18H22ClN3O. The lowest BCUT2D eigenvalue weighted by Crippen LogP contribution is -2.14. The van der Waals surface area contributed by atoms with Crippen LogP contribution in [0.4, 0.5) is 17.1 Å². The summed E-state index contributed by atoms with van der Waals surface area (Å²) in [5.74, 6) is 0.822. The minimum Gasteiger partial charge on any atom is -0.497 e. The molecule has 0 heterocycles. The Morgan fingerprint density at radius 1 is 1.26 bits per heavy atom. The van der Waals surface area contributed by atoms with E-state index in [0.717, 1.165) is 34.9 Å². The number of hydrogen-bond donors (Lipinski definition) is 1. The van der Waals surface area contributed by atoms with Crippen molar-refractivity contribution in [3.63, 3.8) is 0 Å². The van der Waals surface area contributed by atoms with Crippen molar-refractivity contribution in [1.29, 1.82) is 0 Å². The topological polar surface area (TPSA) is 36.9 Å². The summed E-state index contributed by atoms with van der Waals surface area (Å²) in [5, 5.41) is 3.95. The van der Waals surface area contributed by atoms with Gasteiger partial charge in [0.1, 0.15) is 5.75 Å². The number of halogens is 1. The van der Waals surface area contributed by atoms with Crippen LogP contribution in [0, 0.1) is 6.92 Å². The van der Waals surface area contributed by atoms with E-state index in [-0.39, 0.29) is 0 Å². The van der Waals surface area contributed by atoms with Crippen molar-refractivity contribution in [2.45, 2.75) is 13.8 Å². The first kappa shape index (κ1) is 17.2. The molecule has 0 bridgehead atoms. The summed E-state index contributed by atoms with van der Waals surface area (Å²) in [5.41, 5.74) is 3.74. The molecule has 0 aliphatic carbocycles. The molecule has 0 aromatic heterocycles. The third-order valence-electron chi connectivity index (χ3n) is 3.55. The van der Waals surface area contributed by atoms with E-state index in [1.165, 1.54) is 0 Å². The maximum Gasteiger partial charge on any atom is 0.119 e. The minimum atomic E-state index is 0.637. The molecule has 2 rings (SSSR count). The van der Waals surface area contributed by atoms with Crippen LogP contribution in [0.5, 0.6) is 5.75 Å². The number of benzene rings is 2. The van der Waals surface area contributed by atoms with E-state index >= 15 is 0 Å². The molecule has 4 nitrogen and oxygen atoms in total. The second-order valence-corrected chi connectivity index (χ2v) is 5.70. The Morgan fingerprint density at radius 2 is 1.96 bits per heavy atom. The highest BCUT2D eigenvalue weighted by molar-refractivity contribution is 6.33. The predicted molar refractivity (Wildman–Crippen MR) is 98.9 cm³/mol. The molecule has 0 aliphatic heterocycles. The van der Waals surface area contributed by atoms with E-state index in [4.69, 9.17) is 16.3 Å². The van der Waals surface area contributed by atoms with E-state index in [0.29, 0.717) is 5.02 Å². The normalized spacial score (nSPS) is 10.8. The van der Waals surface area contributed by atoms with E-state index in [1.54, 1.807) is 7.11 Å². The monoisotopic (exact) mass is 331 g/mol. The maximum atomic E-state index is 6.38. The molecule has 0 aliphatic rings. The largest absolute Gasteiger partial charge is 0.497 e. The summed E-state index contributed by atoms with van der Waals surface area (Å²) < 4.78 is 5.16. The van der Waals surface area contributed by atoms with Gasteiger partial charge in [-0.25, -0.2) is 4.99 Å². The number of hydrogen-bond acceptors (Lipinski definition) is 3. The Bertz CT molecular complexity index is 683. The molecule has 0 atom stereocenters. The van der Waals surface area contributed by atoms with E-state index in [1.807, 2.05) is 61.6 Å². The first-order valence-electron chi connectivity index (χ1n) is 7.49. The third kappa shape index (κ3) is 4.63. The van der Waals surface area contributed by atoms with Crippen molar-refractivity contribution in [2.24, 2.45) is 4.99 Å². The fraction of sp³-hybridized carbons (Fsp3) is 0.278. The third-order valence-corrected chi connectivity index (χ3v) is 3.86. The Morgan fingerprint density at radius 3 is 2.57 bits per heavy atom. The molecule has 0 radical (unpaired) electrons. The zero-order valence-corrected chi connectivity index (χ0v) is 14.7.